The molecule has 2 aliphatic heterocycles. The van der Waals surface area contributed by atoms with E-state index in [1.54, 1.807) is 6.08 Å². The molecule has 2 unspecified atom stereocenters. The molecule has 0 radical (unpaired) electrons. The number of aliphatic carboxylic acids is 1. The van der Waals surface area contributed by atoms with Gasteiger partial charge in [0.05, 0.1) is 5.54 Å². The highest BCUT2D eigenvalue weighted by Gasteiger charge is 2.42. The molecule has 0 amide bonds. The van der Waals surface area contributed by atoms with Crippen molar-refractivity contribution in [1.29, 1.82) is 0 Å². The Balaban J connectivity index is 2.13. The van der Waals surface area contributed by atoms with E-state index in [4.69, 9.17) is 5.73 Å². The first-order valence-electron chi connectivity index (χ1n) is 9.68. The van der Waals surface area contributed by atoms with Crippen LogP contribution in [0, 0.1) is 6.92 Å². The zero-order valence-corrected chi connectivity index (χ0v) is 16.9. The van der Waals surface area contributed by atoms with E-state index >= 15 is 0 Å². The van der Waals surface area contributed by atoms with Crippen molar-refractivity contribution in [3.63, 3.8) is 0 Å². The molecule has 0 saturated carbocycles. The lowest BCUT2D eigenvalue weighted by atomic mass is 9.81. The van der Waals surface area contributed by atoms with Gasteiger partial charge in [-0.3, -0.25) is 4.79 Å². The second-order valence-corrected chi connectivity index (χ2v) is 7.47. The van der Waals surface area contributed by atoms with E-state index in [1.165, 1.54) is 11.8 Å². The molecular formula is C22H29N5O2. The van der Waals surface area contributed by atoms with Crippen LogP contribution in [-0.4, -0.2) is 41.7 Å². The normalized spacial score (nSPS) is 25.4. The summed E-state index contributed by atoms with van der Waals surface area (Å²) in [4.78, 5) is 13.6. The molecule has 2 heterocycles. The molecule has 7 heteroatoms. The van der Waals surface area contributed by atoms with Crippen LogP contribution >= 0.6 is 0 Å². The molecule has 29 heavy (non-hydrogen) atoms. The second kappa shape index (κ2) is 8.55. The number of nitrogens with zero attached hydrogens (tertiary/aromatic N) is 1. The van der Waals surface area contributed by atoms with Crippen LogP contribution in [0.1, 0.15) is 18.1 Å². The number of nitrogens with one attached hydrogen (secondary N) is 3. The van der Waals surface area contributed by atoms with Crippen LogP contribution in [0.4, 0.5) is 0 Å². The Labute approximate surface area is 171 Å². The van der Waals surface area contributed by atoms with Crippen LogP contribution in [0.3, 0.4) is 0 Å². The number of benzene rings is 1. The van der Waals surface area contributed by atoms with Gasteiger partial charge in [0, 0.05) is 25.2 Å². The average molecular weight is 396 g/mol. The Hall–Kier alpha value is -3.03. The van der Waals surface area contributed by atoms with Crippen molar-refractivity contribution in [3.8, 4) is 0 Å². The molecule has 2 aliphatic rings. The molecule has 6 N–H and O–H groups in total. The summed E-state index contributed by atoms with van der Waals surface area (Å²) < 4.78 is 0. The van der Waals surface area contributed by atoms with Crippen molar-refractivity contribution in [2.75, 3.05) is 19.6 Å². The minimum Gasteiger partial charge on any atom is -0.480 e. The SMILES string of the molecule is C=C/C=C(\C=C/N)C1=C(N2CCNC(C(=O)O)C2)NNC1(C)c1ccc(C)cc1. The largest absolute Gasteiger partial charge is 0.480 e. The molecule has 0 aliphatic carbocycles. The maximum Gasteiger partial charge on any atom is 0.322 e. The van der Waals surface area contributed by atoms with E-state index in [-0.39, 0.29) is 0 Å². The van der Waals surface area contributed by atoms with Gasteiger partial charge in [-0.15, -0.1) is 0 Å². The van der Waals surface area contributed by atoms with Gasteiger partial charge in [0.1, 0.15) is 11.9 Å². The van der Waals surface area contributed by atoms with E-state index < -0.39 is 17.6 Å². The van der Waals surface area contributed by atoms with Crippen molar-refractivity contribution >= 4 is 5.97 Å². The number of carbonyl (C=O) groups is 1. The van der Waals surface area contributed by atoms with E-state index in [0.717, 1.165) is 22.5 Å². The summed E-state index contributed by atoms with van der Waals surface area (Å²) in [5.41, 5.74) is 16.1. The number of carboxylic acid groups (broad SMARTS) is 1. The van der Waals surface area contributed by atoms with Crippen molar-refractivity contribution < 1.29 is 9.90 Å². The van der Waals surface area contributed by atoms with Crippen LogP contribution in [0.15, 0.2) is 72.2 Å². The Morgan fingerprint density at radius 2 is 2.10 bits per heavy atom. The number of hydrogen-bond acceptors (Lipinski definition) is 6. The van der Waals surface area contributed by atoms with Gasteiger partial charge in [0.2, 0.25) is 0 Å². The predicted octanol–water partition coefficient (Wildman–Crippen LogP) is 1.47. The molecule has 1 saturated heterocycles. The van der Waals surface area contributed by atoms with Crippen molar-refractivity contribution in [3.05, 3.63) is 83.4 Å². The first-order valence-corrected chi connectivity index (χ1v) is 9.68. The zero-order valence-electron chi connectivity index (χ0n) is 16.9. The van der Waals surface area contributed by atoms with E-state index in [2.05, 4.69) is 65.8 Å². The third-order valence-corrected chi connectivity index (χ3v) is 5.45. The van der Waals surface area contributed by atoms with Crippen LogP contribution in [0.2, 0.25) is 0 Å². The van der Waals surface area contributed by atoms with E-state index in [0.29, 0.717) is 19.6 Å². The molecule has 0 spiro atoms. The Kier molecular flexibility index (Phi) is 6.10. The lowest BCUT2D eigenvalue weighted by Crippen LogP contribution is -2.55. The summed E-state index contributed by atoms with van der Waals surface area (Å²) in [5.74, 6) is -0.000149. The molecule has 1 fully saturated rings. The van der Waals surface area contributed by atoms with Gasteiger partial charge in [-0.1, -0.05) is 48.6 Å². The number of carboxylic acids is 1. The number of allylic oxidation sites excluding steroid dienone is 3. The summed E-state index contributed by atoms with van der Waals surface area (Å²) in [6.45, 7) is 9.64. The van der Waals surface area contributed by atoms with Crippen LogP contribution in [0.5, 0.6) is 0 Å². The van der Waals surface area contributed by atoms with E-state index in [1.807, 2.05) is 12.2 Å². The van der Waals surface area contributed by atoms with E-state index in [9.17, 15) is 9.90 Å². The quantitative estimate of drug-likeness (QED) is 0.465. The van der Waals surface area contributed by atoms with Gasteiger partial charge in [0.25, 0.3) is 0 Å². The predicted molar refractivity (Wildman–Crippen MR) is 114 cm³/mol. The smallest absolute Gasteiger partial charge is 0.322 e. The number of aryl methyl sites for hydroxylation is 1. The maximum absolute atomic E-state index is 11.5. The highest BCUT2D eigenvalue weighted by molar-refractivity contribution is 5.74. The Morgan fingerprint density at radius 3 is 2.72 bits per heavy atom. The molecule has 1 aromatic carbocycles. The summed E-state index contributed by atoms with van der Waals surface area (Å²) >= 11 is 0. The molecule has 154 valence electrons. The molecule has 7 nitrogen and oxygen atoms in total. The monoisotopic (exact) mass is 395 g/mol. The Morgan fingerprint density at radius 1 is 1.38 bits per heavy atom. The second-order valence-electron chi connectivity index (χ2n) is 7.47. The van der Waals surface area contributed by atoms with Crippen LogP contribution in [-0.2, 0) is 10.3 Å². The molecule has 1 aromatic rings. The molecule has 0 aromatic heterocycles. The number of hydrazine groups is 1. The first kappa shape index (κ1) is 20.7. The Bertz CT molecular complexity index is 872. The zero-order chi connectivity index (χ0) is 21.0. The fraction of sp³-hybridized carbons (Fsp3) is 0.318. The van der Waals surface area contributed by atoms with Crippen molar-refractivity contribution in [2.45, 2.75) is 25.4 Å². The standard InChI is InChI=1S/C22H29N5O2/c1-4-5-16(10-11-23)19-20(27-13-12-24-18(14-27)21(28)29)25-26-22(19,3)17-8-6-15(2)7-9-17/h4-11,18,24-26H,1,12-14,23H2,2-3H3,(H,28,29)/b11-10-,16-5+. The van der Waals surface area contributed by atoms with Crippen LogP contribution < -0.4 is 21.9 Å². The van der Waals surface area contributed by atoms with Gasteiger partial charge < -0.3 is 26.5 Å². The van der Waals surface area contributed by atoms with Gasteiger partial charge in [-0.25, -0.2) is 5.43 Å². The van der Waals surface area contributed by atoms with Crippen molar-refractivity contribution in [2.24, 2.45) is 5.73 Å². The first-order chi connectivity index (χ1) is 13.9. The van der Waals surface area contributed by atoms with Gasteiger partial charge in [-0.05, 0) is 37.3 Å². The summed E-state index contributed by atoms with van der Waals surface area (Å²) in [7, 11) is 0. The molecule has 2 atom stereocenters. The fourth-order valence-corrected chi connectivity index (χ4v) is 3.88. The minimum absolute atomic E-state index is 0.362. The molecule has 3 rings (SSSR count). The number of nitrogens with two attached hydrogens (primary N) is 1. The molecular weight excluding hydrogens is 366 g/mol. The summed E-state index contributed by atoms with van der Waals surface area (Å²) in [6, 6.07) is 7.74. The number of hydrogen-bond donors (Lipinski definition) is 5. The van der Waals surface area contributed by atoms with Crippen LogP contribution in [0.25, 0.3) is 0 Å². The lowest BCUT2D eigenvalue weighted by molar-refractivity contribution is -0.140. The van der Waals surface area contributed by atoms with Gasteiger partial charge in [-0.2, -0.15) is 0 Å². The maximum atomic E-state index is 11.5. The number of piperazine rings is 1. The fourth-order valence-electron chi connectivity index (χ4n) is 3.88. The summed E-state index contributed by atoms with van der Waals surface area (Å²) in [5, 5.41) is 12.5. The third-order valence-electron chi connectivity index (χ3n) is 5.45. The van der Waals surface area contributed by atoms with Gasteiger partial charge in [0.15, 0.2) is 0 Å². The lowest BCUT2D eigenvalue weighted by Gasteiger charge is -2.35. The summed E-state index contributed by atoms with van der Waals surface area (Å²) in [6.07, 6.45) is 6.99. The molecule has 0 bridgehead atoms. The highest BCUT2D eigenvalue weighted by atomic mass is 16.4. The highest BCUT2D eigenvalue weighted by Crippen LogP contribution is 2.40. The van der Waals surface area contributed by atoms with Crippen molar-refractivity contribution in [1.82, 2.24) is 21.1 Å². The average Bonchev–Trinajstić information content (AvgIpc) is 3.06. The third kappa shape index (κ3) is 4.06. The topological polar surface area (TPSA) is 103 Å². The number of rotatable bonds is 6. The minimum atomic E-state index is -0.854. The van der Waals surface area contributed by atoms with Gasteiger partial charge >= 0.3 is 5.97 Å².